The van der Waals surface area contributed by atoms with E-state index in [1.165, 1.54) is 16.4 Å². The summed E-state index contributed by atoms with van der Waals surface area (Å²) >= 11 is 6.36. The van der Waals surface area contributed by atoms with Gasteiger partial charge in [-0.1, -0.05) is 18.5 Å². The third kappa shape index (κ3) is 5.60. The van der Waals surface area contributed by atoms with Gasteiger partial charge in [-0.15, -0.1) is 0 Å². The van der Waals surface area contributed by atoms with Gasteiger partial charge in [0.2, 0.25) is 15.9 Å². The van der Waals surface area contributed by atoms with Crippen molar-refractivity contribution in [2.75, 3.05) is 26.2 Å². The Morgan fingerprint density at radius 3 is 2.85 bits per heavy atom. The maximum Gasteiger partial charge on any atom is 0.244 e. The molecule has 2 N–H and O–H groups in total. The van der Waals surface area contributed by atoms with Crippen molar-refractivity contribution >= 4 is 27.5 Å². The maximum absolute atomic E-state index is 13.1. The number of sulfonamides is 1. The van der Waals surface area contributed by atoms with Crippen molar-refractivity contribution in [2.45, 2.75) is 31.8 Å². The van der Waals surface area contributed by atoms with Crippen LogP contribution in [0.2, 0.25) is 5.15 Å². The van der Waals surface area contributed by atoms with Crippen LogP contribution in [-0.4, -0.2) is 65.9 Å². The van der Waals surface area contributed by atoms with E-state index in [0.29, 0.717) is 36.8 Å². The number of amides is 1. The van der Waals surface area contributed by atoms with Crippen LogP contribution in [0.4, 0.5) is 4.39 Å². The van der Waals surface area contributed by atoms with Gasteiger partial charge in [0.05, 0.1) is 23.4 Å². The summed E-state index contributed by atoms with van der Waals surface area (Å²) in [6.45, 7) is 3.54. The first-order valence-corrected chi connectivity index (χ1v) is 12.6. The highest BCUT2D eigenvalue weighted by Gasteiger charge is 2.34. The van der Waals surface area contributed by atoms with E-state index in [4.69, 9.17) is 16.3 Å². The number of rotatable bonds is 7. The normalized spacial score (nSPS) is 24.0. The minimum atomic E-state index is -3.74. The highest BCUT2D eigenvalue weighted by Crippen LogP contribution is 2.37. The Labute approximate surface area is 196 Å². The second-order valence-corrected chi connectivity index (χ2v) is 10.4. The number of ether oxygens (including phenoxy) is 1. The van der Waals surface area contributed by atoms with Crippen molar-refractivity contribution < 1.29 is 22.3 Å². The molecule has 12 heteroatoms. The predicted octanol–water partition coefficient (Wildman–Crippen LogP) is 2.44. The quantitative estimate of drug-likeness (QED) is 0.567. The van der Waals surface area contributed by atoms with Crippen LogP contribution in [0.5, 0.6) is 0 Å². The molecule has 0 unspecified atom stereocenters. The molecular formula is C21H25ClFN5O4S. The van der Waals surface area contributed by atoms with E-state index < -0.39 is 21.7 Å². The van der Waals surface area contributed by atoms with Gasteiger partial charge in [0.1, 0.15) is 11.5 Å². The number of halogens is 2. The fraction of sp³-hybridized carbons (Fsp3) is 0.476. The molecular weight excluding hydrogens is 473 g/mol. The van der Waals surface area contributed by atoms with Crippen molar-refractivity contribution in [3.8, 4) is 11.5 Å². The topological polar surface area (TPSA) is 117 Å². The zero-order chi connectivity index (χ0) is 23.6. The van der Waals surface area contributed by atoms with Crippen LogP contribution in [0.3, 0.4) is 0 Å². The minimum Gasteiger partial charge on any atom is -0.376 e. The minimum absolute atomic E-state index is 0.00694. The van der Waals surface area contributed by atoms with Gasteiger partial charge in [0.15, 0.2) is 11.0 Å². The number of aromatic nitrogens is 3. The molecule has 4 heterocycles. The fourth-order valence-electron chi connectivity index (χ4n) is 3.97. The van der Waals surface area contributed by atoms with Gasteiger partial charge in [-0.3, -0.25) is 4.79 Å². The van der Waals surface area contributed by atoms with Gasteiger partial charge in [0, 0.05) is 38.2 Å². The largest absolute Gasteiger partial charge is 0.376 e. The molecule has 2 saturated heterocycles. The molecule has 9 nitrogen and oxygen atoms in total. The Morgan fingerprint density at radius 1 is 1.42 bits per heavy atom. The monoisotopic (exact) mass is 497 g/mol. The van der Waals surface area contributed by atoms with Crippen molar-refractivity contribution in [3.05, 3.63) is 46.5 Å². The van der Waals surface area contributed by atoms with Gasteiger partial charge >= 0.3 is 0 Å². The van der Waals surface area contributed by atoms with Crippen LogP contribution in [-0.2, 0) is 19.6 Å². The number of imidazole rings is 1. The maximum atomic E-state index is 13.1. The number of carbonyl (C=O) groups excluding carboxylic acids is 1. The molecule has 2 aliphatic rings. The molecule has 2 aromatic rings. The van der Waals surface area contributed by atoms with Crippen molar-refractivity contribution in [2.24, 2.45) is 5.92 Å². The molecule has 2 aliphatic heterocycles. The average Bonchev–Trinajstić information content (AvgIpc) is 3.13. The van der Waals surface area contributed by atoms with E-state index in [9.17, 15) is 17.6 Å². The number of H-pyrrole nitrogens is 1. The molecule has 4 rings (SSSR count). The van der Waals surface area contributed by atoms with Crippen molar-refractivity contribution in [1.29, 1.82) is 0 Å². The molecule has 33 heavy (non-hydrogen) atoms. The van der Waals surface area contributed by atoms with E-state index in [1.807, 2.05) is 6.92 Å². The molecule has 3 atom stereocenters. The number of carbonyl (C=O) groups is 1. The predicted molar refractivity (Wildman–Crippen MR) is 120 cm³/mol. The first-order chi connectivity index (χ1) is 15.7. The molecule has 0 bridgehead atoms. The number of aromatic amines is 1. The Balaban J connectivity index is 1.38. The molecule has 0 aromatic carbocycles. The van der Waals surface area contributed by atoms with Crippen LogP contribution in [0.25, 0.3) is 11.5 Å². The summed E-state index contributed by atoms with van der Waals surface area (Å²) in [5.74, 6) is -0.585. The molecule has 0 saturated carbocycles. The molecule has 178 valence electrons. The van der Waals surface area contributed by atoms with Crippen LogP contribution in [0.15, 0.2) is 29.8 Å². The number of hydrogen-bond donors (Lipinski definition) is 2. The Hall–Kier alpha value is -2.34. The number of nitrogens with zero attached hydrogens (tertiary/aromatic N) is 3. The summed E-state index contributed by atoms with van der Waals surface area (Å²) in [7, 11) is -3.74. The average molecular weight is 498 g/mol. The number of hydrogen-bond acceptors (Lipinski definition) is 6. The summed E-state index contributed by atoms with van der Waals surface area (Å²) in [6.07, 6.45) is 3.56. The Kier molecular flexibility index (Phi) is 7.13. The smallest absolute Gasteiger partial charge is 0.244 e. The van der Waals surface area contributed by atoms with Crippen LogP contribution >= 0.6 is 11.6 Å². The summed E-state index contributed by atoms with van der Waals surface area (Å²) in [5, 5.41) is 3.87. The second-order valence-electron chi connectivity index (χ2n) is 8.26. The molecule has 2 fully saturated rings. The van der Waals surface area contributed by atoms with Gasteiger partial charge in [-0.25, -0.2) is 22.8 Å². The second kappa shape index (κ2) is 9.88. The summed E-state index contributed by atoms with van der Waals surface area (Å²) in [4.78, 5) is 23.4. The zero-order valence-electron chi connectivity index (χ0n) is 18.0. The van der Waals surface area contributed by atoms with Gasteiger partial charge < -0.3 is 15.0 Å². The summed E-state index contributed by atoms with van der Waals surface area (Å²) in [5.41, 5.74) is 1.17. The highest BCUT2D eigenvalue weighted by atomic mass is 35.5. The Bertz CT molecular complexity index is 1130. The fourth-order valence-corrected chi connectivity index (χ4v) is 5.51. The van der Waals surface area contributed by atoms with Crippen molar-refractivity contribution in [3.63, 3.8) is 0 Å². The lowest BCUT2D eigenvalue weighted by molar-refractivity contribution is -0.118. The summed E-state index contributed by atoms with van der Waals surface area (Å²) < 4.78 is 45.2. The SMILES string of the molecule is C[C@H]1CN(S(=O)(=O)C=CC(=O)NC[C@@H]2CCO2)CC[C@H]1c1[nH]c(-c2ccc(F)cn2)nc1Cl. The number of pyridine rings is 1. The van der Waals surface area contributed by atoms with E-state index >= 15 is 0 Å². The third-order valence-electron chi connectivity index (χ3n) is 5.94. The lowest BCUT2D eigenvalue weighted by atomic mass is 9.86. The molecule has 0 radical (unpaired) electrons. The van der Waals surface area contributed by atoms with Crippen LogP contribution in [0, 0.1) is 11.7 Å². The van der Waals surface area contributed by atoms with E-state index in [-0.39, 0.29) is 36.2 Å². The van der Waals surface area contributed by atoms with Crippen molar-refractivity contribution in [1.82, 2.24) is 24.6 Å². The number of nitrogens with one attached hydrogen (secondary N) is 2. The van der Waals surface area contributed by atoms with E-state index in [0.717, 1.165) is 24.1 Å². The molecule has 2 aromatic heterocycles. The lowest BCUT2D eigenvalue weighted by Gasteiger charge is -2.35. The van der Waals surface area contributed by atoms with Crippen LogP contribution in [0.1, 0.15) is 31.4 Å². The molecule has 0 aliphatic carbocycles. The van der Waals surface area contributed by atoms with Gasteiger partial charge in [-0.2, -0.15) is 4.31 Å². The van der Waals surface area contributed by atoms with Gasteiger partial charge in [0.25, 0.3) is 0 Å². The van der Waals surface area contributed by atoms with E-state index in [1.54, 1.807) is 0 Å². The first-order valence-electron chi connectivity index (χ1n) is 10.7. The number of piperidine rings is 1. The third-order valence-corrected chi connectivity index (χ3v) is 7.76. The molecule has 1 amide bonds. The lowest BCUT2D eigenvalue weighted by Crippen LogP contribution is -2.41. The van der Waals surface area contributed by atoms with Gasteiger partial charge in [-0.05, 0) is 30.9 Å². The highest BCUT2D eigenvalue weighted by molar-refractivity contribution is 7.92. The summed E-state index contributed by atoms with van der Waals surface area (Å²) in [6, 6.07) is 2.80. The first kappa shape index (κ1) is 23.8. The Morgan fingerprint density at radius 2 is 2.21 bits per heavy atom. The van der Waals surface area contributed by atoms with Crippen LogP contribution < -0.4 is 5.32 Å². The van der Waals surface area contributed by atoms with E-state index in [2.05, 4.69) is 20.3 Å². The zero-order valence-corrected chi connectivity index (χ0v) is 19.6. The standard InChI is InChI=1S/C21H25ClFN5O4S/c1-13-12-28(33(30,31)9-6-18(29)25-11-15-5-8-32-15)7-4-16(13)19-20(22)27-21(26-19)17-3-2-14(23)10-24-17/h2-3,6,9-10,13,15-16H,4-5,7-8,11-12H2,1H3,(H,25,29)(H,26,27)/t13-,15-,16+/m0/s1. The molecule has 0 spiro atoms.